The van der Waals surface area contributed by atoms with Crippen molar-refractivity contribution < 1.29 is 18.3 Å². The molecule has 0 saturated heterocycles. The predicted molar refractivity (Wildman–Crippen MR) is 441 cm³/mol. The Kier molecular flexibility index (Phi) is 18.9. The lowest BCUT2D eigenvalue weighted by molar-refractivity contribution is -0.576. The van der Waals surface area contributed by atoms with Crippen LogP contribution in [0.15, 0.2) is 422 Å². The standard InChI is InChI=1S/C100H74N4S2/c1-105-91-59-47-73(48-60-91)85-67-97(79-35-19-7-20-36-79)103(98(68-85)80-37-21-8-22-38-80)89-55-51-87(52-56-89)101-93(75-27-11-3-12-28-75)63-83(64-94(101)76-29-13-4-14-30-76)71-43-45-72(46-44-71)84-65-95(77-31-15-5-16-32-77)102(96(66-84)78-33-17-6-18-34-78)88-53-57-90(58-54-88)104-99(81-39-23-9-24-40-81)69-86(74-49-61-92(106-2)62-50-74)70-100(104)82-41-25-10-26-42-82/h3-70H,1-2H3/q+4. The van der Waals surface area contributed by atoms with Crippen molar-refractivity contribution in [2.24, 2.45) is 0 Å². The Bertz CT molecular complexity index is 5300. The molecule has 4 nitrogen and oxygen atoms in total. The van der Waals surface area contributed by atoms with E-state index in [0.717, 1.165) is 146 Å². The number of aromatic nitrogens is 4. The highest BCUT2D eigenvalue weighted by atomic mass is 32.2. The third-order valence-corrected chi connectivity index (χ3v) is 21.4. The minimum Gasteiger partial charge on any atom is -0.153 e. The zero-order valence-electron chi connectivity index (χ0n) is 58.9. The van der Waals surface area contributed by atoms with Gasteiger partial charge in [-0.2, -0.15) is 18.3 Å². The van der Waals surface area contributed by atoms with E-state index in [-0.39, 0.29) is 0 Å². The first kappa shape index (κ1) is 66.4. The molecule has 0 atom stereocenters. The Morgan fingerprint density at radius 2 is 0.283 bits per heavy atom. The van der Waals surface area contributed by atoms with E-state index in [1.807, 2.05) is 0 Å². The normalized spacial score (nSPS) is 11.2. The second-order valence-corrected chi connectivity index (χ2v) is 28.2. The van der Waals surface area contributed by atoms with E-state index in [1.165, 1.54) is 20.9 Å². The van der Waals surface area contributed by atoms with Crippen LogP contribution in [0.2, 0.25) is 0 Å². The van der Waals surface area contributed by atoms with Crippen LogP contribution in [0.3, 0.4) is 0 Å². The maximum absolute atomic E-state index is 2.43. The van der Waals surface area contributed by atoms with Crippen LogP contribution >= 0.6 is 23.5 Å². The summed E-state index contributed by atoms with van der Waals surface area (Å²) in [6, 6.07) is 151. The Morgan fingerprint density at radius 3 is 0.425 bits per heavy atom. The number of rotatable bonds is 18. The van der Waals surface area contributed by atoms with Crippen LogP contribution in [0.4, 0.5) is 0 Å². The monoisotopic (exact) mass is 1390 g/mol. The van der Waals surface area contributed by atoms with Crippen molar-refractivity contribution >= 4 is 23.5 Å². The summed E-state index contributed by atoms with van der Waals surface area (Å²) in [5.41, 5.74) is 31.0. The van der Waals surface area contributed by atoms with Crippen molar-refractivity contribution in [3.63, 3.8) is 0 Å². The summed E-state index contributed by atoms with van der Waals surface area (Å²) < 4.78 is 9.72. The second kappa shape index (κ2) is 30.2. The first-order valence-electron chi connectivity index (χ1n) is 35.9. The van der Waals surface area contributed by atoms with Gasteiger partial charge in [0.05, 0.1) is 0 Å². The van der Waals surface area contributed by atoms with E-state index in [0.29, 0.717) is 0 Å². The third-order valence-electron chi connectivity index (χ3n) is 20.0. The molecule has 0 amide bonds. The van der Waals surface area contributed by atoms with Crippen molar-refractivity contribution in [3.05, 3.63) is 413 Å². The molecule has 0 saturated carbocycles. The lowest BCUT2D eigenvalue weighted by atomic mass is 9.95. The van der Waals surface area contributed by atoms with Gasteiger partial charge in [0.1, 0.15) is 0 Å². The number of hydrogen-bond donors (Lipinski definition) is 0. The maximum Gasteiger partial charge on any atom is 0.219 e. The lowest BCUT2D eigenvalue weighted by Crippen LogP contribution is -2.38. The van der Waals surface area contributed by atoms with Gasteiger partial charge in [-0.3, -0.25) is 0 Å². The molecule has 0 N–H and O–H groups in total. The fourth-order valence-corrected chi connectivity index (χ4v) is 15.5. The molecule has 0 unspecified atom stereocenters. The van der Waals surface area contributed by atoms with Crippen LogP contribution in [-0.4, -0.2) is 12.5 Å². The van der Waals surface area contributed by atoms with E-state index < -0.39 is 0 Å². The first-order valence-corrected chi connectivity index (χ1v) is 38.4. The van der Waals surface area contributed by atoms with E-state index in [4.69, 9.17) is 0 Å². The quantitative estimate of drug-likeness (QED) is 0.0628. The van der Waals surface area contributed by atoms with Gasteiger partial charge in [0, 0.05) is 151 Å². The SMILES string of the molecule is CSc1ccc(-c2cc(-c3ccccc3)[n+](-c3ccc(-[n+]4c(-c5ccccc5)cc(-c5ccc(-c6cc(-c7ccccc7)[n+](-c7ccc(-[n+]8c(-c9ccccc9)cc(-c9ccc(SC)cc9)cc8-c8ccccc8)cc7)c(-c7ccccc7)c6)cc5)cc4-c4ccccc4)cc3)c(-c3ccccc3)c2)cc1. The van der Waals surface area contributed by atoms with Gasteiger partial charge in [0.25, 0.3) is 0 Å². The molecular weight excluding hydrogens is 1320 g/mol. The fraction of sp³-hybridized carbons (Fsp3) is 0.0200. The molecular formula is C100H74N4S2+4. The fourth-order valence-electron chi connectivity index (χ4n) is 14.7. The second-order valence-electron chi connectivity index (χ2n) is 26.4. The molecule has 0 fully saturated rings. The molecule has 4 heterocycles. The van der Waals surface area contributed by atoms with Crippen molar-refractivity contribution in [2.45, 2.75) is 9.79 Å². The van der Waals surface area contributed by atoms with E-state index in [1.54, 1.807) is 23.5 Å². The van der Waals surface area contributed by atoms with Gasteiger partial charge in [0.15, 0.2) is 0 Å². The first-order chi connectivity index (χ1) is 52.5. The Morgan fingerprint density at radius 1 is 0.142 bits per heavy atom. The summed E-state index contributed by atoms with van der Waals surface area (Å²) >= 11 is 3.52. The molecule has 0 aliphatic rings. The predicted octanol–water partition coefficient (Wildman–Crippen LogP) is 24.2. The molecule has 6 heteroatoms. The van der Waals surface area contributed by atoms with Crippen LogP contribution in [0, 0.1) is 0 Å². The van der Waals surface area contributed by atoms with Crippen LogP contribution in [0.25, 0.3) is 157 Å². The summed E-state index contributed by atoms with van der Waals surface area (Å²) in [4.78, 5) is 2.48. The van der Waals surface area contributed by atoms with Crippen molar-refractivity contribution in [3.8, 4) is 157 Å². The highest BCUT2D eigenvalue weighted by Gasteiger charge is 2.32. The smallest absolute Gasteiger partial charge is 0.153 e. The van der Waals surface area contributed by atoms with Crippen molar-refractivity contribution in [2.75, 3.05) is 12.5 Å². The minimum absolute atomic E-state index is 1.05. The highest BCUT2D eigenvalue weighted by molar-refractivity contribution is 7.98. The van der Waals surface area contributed by atoms with Gasteiger partial charge in [-0.1, -0.05) is 194 Å². The summed E-state index contributed by atoms with van der Waals surface area (Å²) in [7, 11) is 0. The van der Waals surface area contributed by atoms with Gasteiger partial charge >= 0.3 is 0 Å². The number of hydrogen-bond acceptors (Lipinski definition) is 2. The molecule has 0 spiro atoms. The lowest BCUT2D eigenvalue weighted by Gasteiger charge is -2.15. The topological polar surface area (TPSA) is 15.5 Å². The highest BCUT2D eigenvalue weighted by Crippen LogP contribution is 2.39. The van der Waals surface area contributed by atoms with Crippen LogP contribution in [-0.2, 0) is 0 Å². The van der Waals surface area contributed by atoms with Gasteiger partial charge in [-0.15, -0.1) is 23.5 Å². The third kappa shape index (κ3) is 13.6. The molecule has 0 aliphatic heterocycles. The van der Waals surface area contributed by atoms with Crippen LogP contribution < -0.4 is 18.3 Å². The Hall–Kier alpha value is -12.8. The van der Waals surface area contributed by atoms with Gasteiger partial charge in [-0.05, 0) is 178 Å². The van der Waals surface area contributed by atoms with Crippen LogP contribution in [0.1, 0.15) is 0 Å². The molecule has 17 aromatic rings. The number of nitrogens with zero attached hydrogens (tertiary/aromatic N) is 4. The van der Waals surface area contributed by atoms with Crippen molar-refractivity contribution in [1.82, 2.24) is 0 Å². The largest absolute Gasteiger partial charge is 0.219 e. The summed E-state index contributed by atoms with van der Waals surface area (Å²) in [5, 5.41) is 0. The number of pyridine rings is 4. The van der Waals surface area contributed by atoms with E-state index in [2.05, 4.69) is 443 Å². The maximum atomic E-state index is 2.43. The number of benzene rings is 13. The molecule has 17 rings (SSSR count). The zero-order valence-corrected chi connectivity index (χ0v) is 60.5. The van der Waals surface area contributed by atoms with Gasteiger partial charge in [-0.25, -0.2) is 0 Å². The zero-order chi connectivity index (χ0) is 71.1. The molecule has 502 valence electrons. The molecule has 0 bridgehead atoms. The minimum atomic E-state index is 1.05. The number of thioether (sulfide) groups is 2. The average Bonchev–Trinajstić information content (AvgIpc) is 0.765. The summed E-state index contributed by atoms with van der Waals surface area (Å²) in [6.45, 7) is 0. The molecule has 13 aromatic carbocycles. The summed E-state index contributed by atoms with van der Waals surface area (Å²) in [6.07, 6.45) is 4.25. The Labute approximate surface area is 629 Å². The van der Waals surface area contributed by atoms with Gasteiger partial charge < -0.3 is 0 Å². The average molecular weight is 1400 g/mol. The molecule has 106 heavy (non-hydrogen) atoms. The van der Waals surface area contributed by atoms with E-state index >= 15 is 0 Å². The Balaban J connectivity index is 0.778. The molecule has 4 aromatic heterocycles. The molecule has 0 radical (unpaired) electrons. The van der Waals surface area contributed by atoms with Gasteiger partial charge in [0.2, 0.25) is 68.3 Å². The molecule has 0 aliphatic carbocycles. The summed E-state index contributed by atoms with van der Waals surface area (Å²) in [5.74, 6) is 0. The van der Waals surface area contributed by atoms with Crippen LogP contribution in [0.5, 0.6) is 0 Å². The van der Waals surface area contributed by atoms with E-state index in [9.17, 15) is 0 Å². The van der Waals surface area contributed by atoms with Crippen molar-refractivity contribution in [1.29, 1.82) is 0 Å².